The summed E-state index contributed by atoms with van der Waals surface area (Å²) in [5.74, 6) is -0.0721. The van der Waals surface area contributed by atoms with Gasteiger partial charge in [0.2, 0.25) is 0 Å². The van der Waals surface area contributed by atoms with E-state index in [2.05, 4.69) is 0 Å². The minimum atomic E-state index is -4.54. The SMILES string of the molecule is CC(C)CC(C)c1cc(-c2ccccc2)cc(CCc2ccc(C(F)(F)F)cc2)c1C(F)(F)F. The van der Waals surface area contributed by atoms with Crippen molar-refractivity contribution in [3.8, 4) is 11.1 Å². The number of hydrogen-bond donors (Lipinski definition) is 0. The van der Waals surface area contributed by atoms with Crippen molar-refractivity contribution in [1.82, 2.24) is 0 Å². The molecule has 0 aromatic heterocycles. The minimum absolute atomic E-state index is 0.0717. The minimum Gasteiger partial charge on any atom is -0.166 e. The van der Waals surface area contributed by atoms with Gasteiger partial charge in [0.05, 0.1) is 11.1 Å². The fraction of sp³-hybridized carbons (Fsp3) is 0.357. The summed E-state index contributed by atoms with van der Waals surface area (Å²) in [4.78, 5) is 0. The van der Waals surface area contributed by atoms with Gasteiger partial charge in [-0.15, -0.1) is 0 Å². The average molecular weight is 479 g/mol. The second kappa shape index (κ2) is 10.2. The van der Waals surface area contributed by atoms with E-state index in [9.17, 15) is 26.3 Å². The van der Waals surface area contributed by atoms with Crippen LogP contribution in [-0.2, 0) is 25.2 Å². The van der Waals surface area contributed by atoms with Gasteiger partial charge in [-0.3, -0.25) is 0 Å². The van der Waals surface area contributed by atoms with Crippen LogP contribution in [0.4, 0.5) is 26.3 Å². The van der Waals surface area contributed by atoms with E-state index in [-0.39, 0.29) is 35.8 Å². The van der Waals surface area contributed by atoms with Crippen LogP contribution in [0.5, 0.6) is 0 Å². The zero-order valence-electron chi connectivity index (χ0n) is 19.4. The van der Waals surface area contributed by atoms with E-state index in [1.54, 1.807) is 12.1 Å². The van der Waals surface area contributed by atoms with Gasteiger partial charge in [-0.25, -0.2) is 0 Å². The van der Waals surface area contributed by atoms with Crippen LogP contribution in [0.25, 0.3) is 11.1 Å². The Morgan fingerprint density at radius 2 is 1.29 bits per heavy atom. The zero-order chi connectivity index (χ0) is 25.1. The molecule has 0 heterocycles. The molecule has 6 heteroatoms. The van der Waals surface area contributed by atoms with Crippen molar-refractivity contribution < 1.29 is 26.3 Å². The molecule has 0 fully saturated rings. The van der Waals surface area contributed by atoms with Crippen molar-refractivity contribution in [2.75, 3.05) is 0 Å². The normalized spacial score (nSPS) is 13.4. The van der Waals surface area contributed by atoms with Crippen LogP contribution in [0, 0.1) is 5.92 Å². The maximum absolute atomic E-state index is 14.3. The molecule has 0 radical (unpaired) electrons. The number of benzene rings is 3. The first-order valence-corrected chi connectivity index (χ1v) is 11.3. The summed E-state index contributed by atoms with van der Waals surface area (Å²) in [5, 5.41) is 0. The molecule has 3 aromatic carbocycles. The van der Waals surface area contributed by atoms with Crippen LogP contribution in [0.2, 0.25) is 0 Å². The monoisotopic (exact) mass is 478 g/mol. The van der Waals surface area contributed by atoms with E-state index in [1.165, 1.54) is 12.1 Å². The molecule has 0 N–H and O–H groups in total. The van der Waals surface area contributed by atoms with E-state index >= 15 is 0 Å². The fourth-order valence-corrected chi connectivity index (χ4v) is 4.43. The summed E-state index contributed by atoms with van der Waals surface area (Å²) in [5.41, 5.74) is 1.13. The molecule has 0 spiro atoms. The molecule has 34 heavy (non-hydrogen) atoms. The molecule has 1 unspecified atom stereocenters. The van der Waals surface area contributed by atoms with Gasteiger partial charge < -0.3 is 0 Å². The lowest BCUT2D eigenvalue weighted by molar-refractivity contribution is -0.139. The van der Waals surface area contributed by atoms with Gasteiger partial charge in [-0.2, -0.15) is 26.3 Å². The summed E-state index contributed by atoms with van der Waals surface area (Å²) in [6.07, 6.45) is -8.10. The Balaban J connectivity index is 2.06. The van der Waals surface area contributed by atoms with Crippen molar-refractivity contribution in [1.29, 1.82) is 0 Å². The summed E-state index contributed by atoms with van der Waals surface area (Å²) in [7, 11) is 0. The first-order valence-electron chi connectivity index (χ1n) is 11.3. The first kappa shape index (κ1) is 25.9. The smallest absolute Gasteiger partial charge is 0.166 e. The van der Waals surface area contributed by atoms with Crippen LogP contribution in [0.1, 0.15) is 60.9 Å². The van der Waals surface area contributed by atoms with Crippen LogP contribution in [0.15, 0.2) is 66.7 Å². The molecule has 0 nitrogen and oxygen atoms in total. The highest BCUT2D eigenvalue weighted by molar-refractivity contribution is 5.67. The maximum atomic E-state index is 14.3. The molecule has 0 saturated carbocycles. The second-order valence-corrected chi connectivity index (χ2v) is 9.19. The molecule has 182 valence electrons. The second-order valence-electron chi connectivity index (χ2n) is 9.19. The Morgan fingerprint density at radius 1 is 0.676 bits per heavy atom. The molecular weight excluding hydrogens is 450 g/mol. The lowest BCUT2D eigenvalue weighted by Crippen LogP contribution is -2.16. The molecule has 0 aliphatic heterocycles. The van der Waals surface area contributed by atoms with Gasteiger partial charge in [-0.1, -0.05) is 75.4 Å². The van der Waals surface area contributed by atoms with E-state index in [4.69, 9.17) is 0 Å². The Labute approximate surface area is 196 Å². The molecule has 0 aliphatic rings. The van der Waals surface area contributed by atoms with Crippen LogP contribution in [0.3, 0.4) is 0 Å². The number of aryl methyl sites for hydroxylation is 2. The van der Waals surface area contributed by atoms with Gasteiger partial charge in [-0.05, 0) is 71.0 Å². The quantitative estimate of drug-likeness (QED) is 0.297. The Hall–Kier alpha value is -2.76. The number of hydrogen-bond acceptors (Lipinski definition) is 0. The largest absolute Gasteiger partial charge is 0.416 e. The van der Waals surface area contributed by atoms with Crippen molar-refractivity contribution in [3.05, 3.63) is 94.5 Å². The van der Waals surface area contributed by atoms with Crippen molar-refractivity contribution in [3.63, 3.8) is 0 Å². The predicted molar refractivity (Wildman–Crippen MR) is 124 cm³/mol. The summed E-state index contributed by atoms with van der Waals surface area (Å²) < 4.78 is 81.5. The average Bonchev–Trinajstić information content (AvgIpc) is 2.76. The lowest BCUT2D eigenvalue weighted by Gasteiger charge is -2.24. The third-order valence-corrected chi connectivity index (χ3v) is 5.96. The highest BCUT2D eigenvalue weighted by Crippen LogP contribution is 2.42. The summed E-state index contributed by atoms with van der Waals surface area (Å²) in [6.45, 7) is 5.78. The summed E-state index contributed by atoms with van der Waals surface area (Å²) in [6, 6.07) is 17.1. The third kappa shape index (κ3) is 6.43. The highest BCUT2D eigenvalue weighted by atomic mass is 19.4. The van der Waals surface area contributed by atoms with Crippen molar-refractivity contribution in [2.24, 2.45) is 5.92 Å². The highest BCUT2D eigenvalue weighted by Gasteiger charge is 2.37. The molecule has 1 atom stereocenters. The molecule has 0 amide bonds. The Morgan fingerprint density at radius 3 is 1.82 bits per heavy atom. The molecular formula is C28H28F6. The maximum Gasteiger partial charge on any atom is 0.416 e. The molecule has 0 aliphatic carbocycles. The van der Waals surface area contributed by atoms with E-state index in [1.807, 2.05) is 51.1 Å². The topological polar surface area (TPSA) is 0 Å². The van der Waals surface area contributed by atoms with E-state index in [0.29, 0.717) is 17.5 Å². The third-order valence-electron chi connectivity index (χ3n) is 5.96. The lowest BCUT2D eigenvalue weighted by atomic mass is 9.83. The van der Waals surface area contributed by atoms with Gasteiger partial charge in [0.25, 0.3) is 0 Å². The predicted octanol–water partition coefficient (Wildman–Crippen LogP) is 9.33. The zero-order valence-corrected chi connectivity index (χ0v) is 19.4. The van der Waals surface area contributed by atoms with Crippen LogP contribution in [-0.4, -0.2) is 0 Å². The van der Waals surface area contributed by atoms with E-state index < -0.39 is 23.5 Å². The van der Waals surface area contributed by atoms with Crippen LogP contribution < -0.4 is 0 Å². The van der Waals surface area contributed by atoms with E-state index in [0.717, 1.165) is 17.7 Å². The number of halogens is 6. The first-order chi connectivity index (χ1) is 15.9. The summed E-state index contributed by atoms with van der Waals surface area (Å²) >= 11 is 0. The van der Waals surface area contributed by atoms with Gasteiger partial charge >= 0.3 is 12.4 Å². The van der Waals surface area contributed by atoms with Crippen LogP contribution >= 0.6 is 0 Å². The van der Waals surface area contributed by atoms with Crippen molar-refractivity contribution in [2.45, 2.75) is 58.3 Å². The number of alkyl halides is 6. The molecule has 3 rings (SSSR count). The molecule has 0 saturated heterocycles. The van der Waals surface area contributed by atoms with Gasteiger partial charge in [0, 0.05) is 0 Å². The number of rotatable bonds is 7. The standard InChI is InChI=1S/C28H28F6/c1-18(2)15-19(3)25-17-23(21-7-5-4-6-8-21)16-22(26(25)28(32,33)34)12-9-20-10-13-24(14-11-20)27(29,30)31/h4-8,10-11,13-14,16-19H,9,12,15H2,1-3H3. The Kier molecular flexibility index (Phi) is 7.79. The van der Waals surface area contributed by atoms with Crippen molar-refractivity contribution >= 4 is 0 Å². The van der Waals surface area contributed by atoms with Gasteiger partial charge in [0.15, 0.2) is 0 Å². The fourth-order valence-electron chi connectivity index (χ4n) is 4.43. The molecule has 3 aromatic rings. The Bertz CT molecular complexity index is 1080. The van der Waals surface area contributed by atoms with Gasteiger partial charge in [0.1, 0.15) is 0 Å². The molecule has 0 bridgehead atoms.